The first-order valence-electron chi connectivity index (χ1n) is 9.49. The van der Waals surface area contributed by atoms with E-state index >= 15 is 0 Å². The second kappa shape index (κ2) is 7.96. The summed E-state index contributed by atoms with van der Waals surface area (Å²) >= 11 is 0. The van der Waals surface area contributed by atoms with Crippen LogP contribution >= 0.6 is 0 Å². The van der Waals surface area contributed by atoms with Gasteiger partial charge in [-0.1, -0.05) is 40.7 Å². The SMILES string of the molecule is COc1ccc(C2Cn3nnc(-c4noc(COc5ccccc5)n4)c3CO2)cc1. The predicted octanol–water partition coefficient (Wildman–Crippen LogP) is 3.19. The first-order valence-corrected chi connectivity index (χ1v) is 9.49. The molecule has 0 spiro atoms. The van der Waals surface area contributed by atoms with Gasteiger partial charge in [-0.25, -0.2) is 4.68 Å². The van der Waals surface area contributed by atoms with Gasteiger partial charge in [0, 0.05) is 0 Å². The zero-order valence-electron chi connectivity index (χ0n) is 16.3. The van der Waals surface area contributed by atoms with Crippen LogP contribution in [0.1, 0.15) is 23.3 Å². The lowest BCUT2D eigenvalue weighted by molar-refractivity contribution is -0.00114. The highest BCUT2D eigenvalue weighted by Crippen LogP contribution is 2.30. The minimum absolute atomic E-state index is 0.113. The fourth-order valence-corrected chi connectivity index (χ4v) is 3.28. The number of methoxy groups -OCH3 is 1. The second-order valence-electron chi connectivity index (χ2n) is 6.75. The number of aromatic nitrogens is 5. The Balaban J connectivity index is 1.29. The number of nitrogens with zero attached hydrogens (tertiary/aromatic N) is 5. The number of hydrogen-bond acceptors (Lipinski definition) is 8. The van der Waals surface area contributed by atoms with Crippen LogP contribution < -0.4 is 9.47 Å². The lowest BCUT2D eigenvalue weighted by Crippen LogP contribution is -2.22. The van der Waals surface area contributed by atoms with Gasteiger partial charge in [-0.3, -0.25) is 0 Å². The van der Waals surface area contributed by atoms with Gasteiger partial charge in [0.1, 0.15) is 17.6 Å². The quantitative estimate of drug-likeness (QED) is 0.482. The van der Waals surface area contributed by atoms with Crippen LogP contribution in [-0.2, 0) is 24.5 Å². The number of rotatable bonds is 6. The Morgan fingerprint density at radius 2 is 1.90 bits per heavy atom. The third-order valence-electron chi connectivity index (χ3n) is 4.87. The van der Waals surface area contributed by atoms with Gasteiger partial charge in [-0.05, 0) is 29.8 Å². The molecule has 4 aromatic rings. The fraction of sp³-hybridized carbons (Fsp3) is 0.238. The number of hydrogen-bond donors (Lipinski definition) is 0. The minimum Gasteiger partial charge on any atom is -0.497 e. The summed E-state index contributed by atoms with van der Waals surface area (Å²) in [5, 5.41) is 12.5. The Kier molecular flexibility index (Phi) is 4.86. The van der Waals surface area contributed by atoms with Crippen molar-refractivity contribution in [3.05, 3.63) is 71.7 Å². The van der Waals surface area contributed by atoms with E-state index in [4.69, 9.17) is 18.7 Å². The van der Waals surface area contributed by atoms with E-state index in [-0.39, 0.29) is 12.7 Å². The molecule has 1 unspecified atom stereocenters. The van der Waals surface area contributed by atoms with Crippen molar-refractivity contribution in [3.63, 3.8) is 0 Å². The third-order valence-corrected chi connectivity index (χ3v) is 4.87. The summed E-state index contributed by atoms with van der Waals surface area (Å²) in [6.45, 7) is 1.08. The van der Waals surface area contributed by atoms with E-state index in [0.29, 0.717) is 30.6 Å². The van der Waals surface area contributed by atoms with Gasteiger partial charge in [0.15, 0.2) is 12.3 Å². The van der Waals surface area contributed by atoms with E-state index in [1.54, 1.807) is 7.11 Å². The van der Waals surface area contributed by atoms with Crippen molar-refractivity contribution in [2.45, 2.75) is 25.9 Å². The van der Waals surface area contributed by atoms with Crippen molar-refractivity contribution in [1.29, 1.82) is 0 Å². The zero-order valence-corrected chi connectivity index (χ0v) is 16.3. The topological polar surface area (TPSA) is 97.3 Å². The first kappa shape index (κ1) is 18.3. The smallest absolute Gasteiger partial charge is 0.264 e. The summed E-state index contributed by atoms with van der Waals surface area (Å²) in [7, 11) is 1.65. The molecule has 0 N–H and O–H groups in total. The van der Waals surface area contributed by atoms with Crippen molar-refractivity contribution in [2.75, 3.05) is 7.11 Å². The summed E-state index contributed by atoms with van der Waals surface area (Å²) in [5.74, 6) is 2.27. The standard InChI is InChI=1S/C21H19N5O4/c1-27-15-9-7-14(8-10-15)18-11-26-17(12-29-18)20(23-25-26)21-22-19(30-24-21)13-28-16-5-3-2-4-6-16/h2-10,18H,11-13H2,1H3. The molecular weight excluding hydrogens is 386 g/mol. The van der Waals surface area contributed by atoms with Crippen LogP contribution in [0.25, 0.3) is 11.5 Å². The third kappa shape index (κ3) is 3.62. The largest absolute Gasteiger partial charge is 0.497 e. The summed E-state index contributed by atoms with van der Waals surface area (Å²) in [6.07, 6.45) is -0.113. The molecule has 3 heterocycles. The van der Waals surface area contributed by atoms with Crippen molar-refractivity contribution < 1.29 is 18.7 Å². The lowest BCUT2D eigenvalue weighted by Gasteiger charge is -2.24. The van der Waals surface area contributed by atoms with Crippen LogP contribution in [0.3, 0.4) is 0 Å². The monoisotopic (exact) mass is 405 g/mol. The molecule has 0 radical (unpaired) electrons. The predicted molar refractivity (Wildman–Crippen MR) is 105 cm³/mol. The van der Waals surface area contributed by atoms with Gasteiger partial charge in [0.2, 0.25) is 5.82 Å². The molecule has 9 nitrogen and oxygen atoms in total. The maximum atomic E-state index is 6.04. The maximum Gasteiger partial charge on any atom is 0.264 e. The van der Waals surface area contributed by atoms with Crippen molar-refractivity contribution in [2.24, 2.45) is 0 Å². The summed E-state index contributed by atoms with van der Waals surface area (Å²) < 4.78 is 24.0. The van der Waals surface area contributed by atoms with Gasteiger partial charge >= 0.3 is 0 Å². The Labute approximate surface area is 172 Å². The van der Waals surface area contributed by atoms with Gasteiger partial charge in [0.25, 0.3) is 5.89 Å². The van der Waals surface area contributed by atoms with Crippen LogP contribution in [-0.4, -0.2) is 32.2 Å². The molecule has 2 aromatic heterocycles. The molecule has 9 heteroatoms. The summed E-state index contributed by atoms with van der Waals surface area (Å²) in [6, 6.07) is 17.3. The van der Waals surface area contributed by atoms with E-state index < -0.39 is 0 Å². The normalized spacial score (nSPS) is 15.6. The molecule has 0 saturated heterocycles. The minimum atomic E-state index is -0.113. The fourth-order valence-electron chi connectivity index (χ4n) is 3.28. The highest BCUT2D eigenvalue weighted by Gasteiger charge is 2.27. The van der Waals surface area contributed by atoms with Gasteiger partial charge < -0.3 is 18.7 Å². The van der Waals surface area contributed by atoms with E-state index in [9.17, 15) is 0 Å². The summed E-state index contributed by atoms with van der Waals surface area (Å²) in [5.41, 5.74) is 2.42. The van der Waals surface area contributed by atoms with Gasteiger partial charge in [-0.15, -0.1) is 5.10 Å². The molecule has 0 amide bonds. The molecular formula is C21H19N5O4. The molecule has 2 aromatic carbocycles. The molecule has 1 aliphatic rings. The average Bonchev–Trinajstić information content (AvgIpc) is 3.45. The molecule has 1 aliphatic heterocycles. The molecule has 30 heavy (non-hydrogen) atoms. The molecule has 152 valence electrons. The molecule has 1 atom stereocenters. The van der Waals surface area contributed by atoms with Crippen LogP contribution in [0.5, 0.6) is 11.5 Å². The second-order valence-corrected chi connectivity index (χ2v) is 6.75. The lowest BCUT2D eigenvalue weighted by atomic mass is 10.1. The summed E-state index contributed by atoms with van der Waals surface area (Å²) in [4.78, 5) is 4.38. The maximum absolute atomic E-state index is 6.04. The first-order chi connectivity index (χ1) is 14.8. The molecule has 5 rings (SSSR count). The molecule has 0 aliphatic carbocycles. The van der Waals surface area contributed by atoms with E-state index in [1.807, 2.05) is 59.3 Å². The van der Waals surface area contributed by atoms with Crippen LogP contribution in [0.15, 0.2) is 59.1 Å². The number of fused-ring (bicyclic) bond motifs is 1. The van der Waals surface area contributed by atoms with Crippen molar-refractivity contribution in [3.8, 4) is 23.0 Å². The van der Waals surface area contributed by atoms with Gasteiger partial charge in [-0.2, -0.15) is 4.98 Å². The van der Waals surface area contributed by atoms with E-state index in [2.05, 4.69) is 20.5 Å². The highest BCUT2D eigenvalue weighted by molar-refractivity contribution is 5.51. The number of para-hydroxylation sites is 1. The Bertz CT molecular complexity index is 1120. The Morgan fingerprint density at radius 1 is 1.07 bits per heavy atom. The zero-order chi connectivity index (χ0) is 20.3. The Morgan fingerprint density at radius 3 is 2.70 bits per heavy atom. The van der Waals surface area contributed by atoms with Crippen molar-refractivity contribution >= 4 is 0 Å². The van der Waals surface area contributed by atoms with Crippen LogP contribution in [0.2, 0.25) is 0 Å². The number of benzene rings is 2. The van der Waals surface area contributed by atoms with Crippen LogP contribution in [0.4, 0.5) is 0 Å². The highest BCUT2D eigenvalue weighted by atomic mass is 16.5. The van der Waals surface area contributed by atoms with Gasteiger partial charge in [0.05, 0.1) is 26.0 Å². The van der Waals surface area contributed by atoms with E-state index in [1.165, 1.54) is 0 Å². The number of ether oxygens (including phenoxy) is 3. The van der Waals surface area contributed by atoms with Crippen molar-refractivity contribution in [1.82, 2.24) is 25.1 Å². The molecule has 0 bridgehead atoms. The Hall–Kier alpha value is -3.72. The van der Waals surface area contributed by atoms with Crippen LogP contribution in [0, 0.1) is 0 Å². The molecule has 0 saturated carbocycles. The average molecular weight is 405 g/mol. The molecule has 0 fully saturated rings. The van der Waals surface area contributed by atoms with E-state index in [0.717, 1.165) is 22.8 Å².